The molecule has 16 heavy (non-hydrogen) atoms. The number of esters is 1. The molecule has 5 heteroatoms. The Morgan fingerprint density at radius 3 is 3.00 bits per heavy atom. The zero-order valence-corrected chi connectivity index (χ0v) is 9.61. The molecule has 0 radical (unpaired) electrons. The quantitative estimate of drug-likeness (QED) is 0.627. The van der Waals surface area contributed by atoms with Gasteiger partial charge >= 0.3 is 5.97 Å². The minimum Gasteiger partial charge on any atom is -0.465 e. The molecule has 3 N–H and O–H groups in total. The zero-order valence-electron chi connectivity index (χ0n) is 9.61. The molecule has 2 aliphatic rings. The van der Waals surface area contributed by atoms with Gasteiger partial charge in [0.05, 0.1) is 25.1 Å². The first-order valence-corrected chi connectivity index (χ1v) is 5.90. The first-order valence-electron chi connectivity index (χ1n) is 5.90. The molecule has 0 aromatic heterocycles. The number of hydrogen-bond acceptors (Lipinski definition) is 5. The van der Waals surface area contributed by atoms with Gasteiger partial charge in [-0.25, -0.2) is 0 Å². The Balaban J connectivity index is 1.95. The molecular weight excluding hydrogens is 206 g/mol. The topological polar surface area (TPSA) is 76.7 Å². The van der Waals surface area contributed by atoms with Crippen LogP contribution in [0, 0.1) is 11.8 Å². The molecule has 0 spiro atoms. The SMILES string of the molecule is CC1CCCC(C2CN=C(N)N2)C(=O)OC1. The van der Waals surface area contributed by atoms with E-state index in [1.165, 1.54) is 0 Å². The summed E-state index contributed by atoms with van der Waals surface area (Å²) < 4.78 is 5.28. The van der Waals surface area contributed by atoms with Crippen LogP contribution in [0.2, 0.25) is 0 Å². The van der Waals surface area contributed by atoms with Crippen LogP contribution in [0.5, 0.6) is 0 Å². The number of nitrogens with one attached hydrogen (secondary N) is 1. The van der Waals surface area contributed by atoms with Gasteiger partial charge in [-0.2, -0.15) is 0 Å². The number of aliphatic imine (C=N–C) groups is 1. The average Bonchev–Trinajstić information content (AvgIpc) is 2.65. The van der Waals surface area contributed by atoms with E-state index >= 15 is 0 Å². The van der Waals surface area contributed by atoms with Gasteiger partial charge in [-0.15, -0.1) is 0 Å². The number of ether oxygens (including phenoxy) is 1. The van der Waals surface area contributed by atoms with Crippen LogP contribution in [-0.2, 0) is 9.53 Å². The summed E-state index contributed by atoms with van der Waals surface area (Å²) >= 11 is 0. The summed E-state index contributed by atoms with van der Waals surface area (Å²) in [5.41, 5.74) is 5.56. The van der Waals surface area contributed by atoms with Crippen LogP contribution in [0.15, 0.2) is 4.99 Å². The van der Waals surface area contributed by atoms with Crippen molar-refractivity contribution in [2.24, 2.45) is 22.6 Å². The van der Waals surface area contributed by atoms with Crippen LogP contribution in [0.1, 0.15) is 26.2 Å². The summed E-state index contributed by atoms with van der Waals surface area (Å²) in [5.74, 6) is 0.710. The molecule has 0 saturated carbocycles. The van der Waals surface area contributed by atoms with Crippen molar-refractivity contribution in [1.82, 2.24) is 5.32 Å². The third-order valence-electron chi connectivity index (χ3n) is 3.30. The fraction of sp³-hybridized carbons (Fsp3) is 0.818. The molecule has 0 amide bonds. The van der Waals surface area contributed by atoms with E-state index in [1.807, 2.05) is 0 Å². The Hall–Kier alpha value is -1.26. The number of nitrogens with zero attached hydrogens (tertiary/aromatic N) is 1. The number of cyclic esters (lactones) is 1. The largest absolute Gasteiger partial charge is 0.465 e. The lowest BCUT2D eigenvalue weighted by Crippen LogP contribution is -2.44. The maximum atomic E-state index is 11.9. The maximum Gasteiger partial charge on any atom is 0.311 e. The summed E-state index contributed by atoms with van der Waals surface area (Å²) in [6.45, 7) is 3.24. The number of hydrogen-bond donors (Lipinski definition) is 2. The molecule has 0 aromatic rings. The molecule has 2 aliphatic heterocycles. The van der Waals surface area contributed by atoms with Crippen molar-refractivity contribution in [2.45, 2.75) is 32.2 Å². The highest BCUT2D eigenvalue weighted by molar-refractivity contribution is 5.82. The minimum absolute atomic E-state index is 0.0286. The van der Waals surface area contributed by atoms with Crippen LogP contribution in [0.4, 0.5) is 0 Å². The molecule has 3 atom stereocenters. The number of nitrogens with two attached hydrogens (primary N) is 1. The first-order chi connectivity index (χ1) is 7.66. The first kappa shape index (κ1) is 11.2. The van der Waals surface area contributed by atoms with Gasteiger partial charge < -0.3 is 15.8 Å². The van der Waals surface area contributed by atoms with Crippen molar-refractivity contribution in [1.29, 1.82) is 0 Å². The number of rotatable bonds is 1. The summed E-state index contributed by atoms with van der Waals surface area (Å²) in [6.07, 6.45) is 3.05. The lowest BCUT2D eigenvalue weighted by molar-refractivity contribution is -0.152. The highest BCUT2D eigenvalue weighted by Gasteiger charge is 2.33. The lowest BCUT2D eigenvalue weighted by atomic mass is 9.91. The second kappa shape index (κ2) is 4.72. The predicted molar refractivity (Wildman–Crippen MR) is 60.9 cm³/mol. The Labute approximate surface area is 95.4 Å². The van der Waals surface area contributed by atoms with E-state index in [9.17, 15) is 4.79 Å². The number of carbonyl (C=O) groups is 1. The van der Waals surface area contributed by atoms with Gasteiger partial charge in [0, 0.05) is 0 Å². The van der Waals surface area contributed by atoms with E-state index in [4.69, 9.17) is 10.5 Å². The summed E-state index contributed by atoms with van der Waals surface area (Å²) in [7, 11) is 0. The van der Waals surface area contributed by atoms with Gasteiger partial charge in [0.1, 0.15) is 0 Å². The van der Waals surface area contributed by atoms with Crippen molar-refractivity contribution < 1.29 is 9.53 Å². The van der Waals surface area contributed by atoms with Gasteiger partial charge in [0.2, 0.25) is 0 Å². The molecule has 0 aliphatic carbocycles. The van der Waals surface area contributed by atoms with Gasteiger partial charge in [-0.3, -0.25) is 9.79 Å². The van der Waals surface area contributed by atoms with Crippen LogP contribution < -0.4 is 11.1 Å². The second-order valence-corrected chi connectivity index (χ2v) is 4.75. The van der Waals surface area contributed by atoms with Crippen LogP contribution >= 0.6 is 0 Å². The Bertz CT molecular complexity index is 304. The van der Waals surface area contributed by atoms with Gasteiger partial charge in [-0.05, 0) is 18.8 Å². The molecule has 2 heterocycles. The van der Waals surface area contributed by atoms with Crippen molar-refractivity contribution >= 4 is 11.9 Å². The van der Waals surface area contributed by atoms with Crippen LogP contribution in [0.25, 0.3) is 0 Å². The molecule has 0 bridgehead atoms. The summed E-state index contributed by atoms with van der Waals surface area (Å²) in [4.78, 5) is 15.9. The smallest absolute Gasteiger partial charge is 0.311 e. The van der Waals surface area contributed by atoms with E-state index in [1.54, 1.807) is 0 Å². The fourth-order valence-electron chi connectivity index (χ4n) is 2.29. The van der Waals surface area contributed by atoms with Crippen molar-refractivity contribution in [3.8, 4) is 0 Å². The molecule has 3 unspecified atom stereocenters. The normalized spacial score (nSPS) is 35.7. The lowest BCUT2D eigenvalue weighted by Gasteiger charge is -2.26. The Kier molecular flexibility index (Phi) is 3.31. The third kappa shape index (κ3) is 2.46. The van der Waals surface area contributed by atoms with E-state index in [0.717, 1.165) is 19.3 Å². The zero-order chi connectivity index (χ0) is 11.5. The molecule has 2 rings (SSSR count). The number of carbonyl (C=O) groups excluding carboxylic acids is 1. The van der Waals surface area contributed by atoms with Crippen molar-refractivity contribution in [2.75, 3.05) is 13.2 Å². The van der Waals surface area contributed by atoms with Gasteiger partial charge in [-0.1, -0.05) is 13.3 Å². The van der Waals surface area contributed by atoms with Crippen LogP contribution in [-0.4, -0.2) is 31.1 Å². The number of guanidine groups is 1. The fourth-order valence-corrected chi connectivity index (χ4v) is 2.29. The molecule has 90 valence electrons. The minimum atomic E-state index is -0.103. The predicted octanol–water partition coefficient (Wildman–Crippen LogP) is 0.252. The standard InChI is InChI=1S/C11H19N3O2/c1-7-3-2-4-8(10(15)16-6-7)9-5-13-11(12)14-9/h7-9H,2-6H2,1H3,(H3,12,13,14). The molecule has 1 saturated heterocycles. The highest BCUT2D eigenvalue weighted by Crippen LogP contribution is 2.22. The Morgan fingerprint density at radius 1 is 1.50 bits per heavy atom. The monoisotopic (exact) mass is 225 g/mol. The highest BCUT2D eigenvalue weighted by atomic mass is 16.5. The van der Waals surface area contributed by atoms with Crippen LogP contribution in [0.3, 0.4) is 0 Å². The molecule has 1 fully saturated rings. The van der Waals surface area contributed by atoms with Crippen molar-refractivity contribution in [3.63, 3.8) is 0 Å². The van der Waals surface area contributed by atoms with E-state index in [0.29, 0.717) is 25.0 Å². The summed E-state index contributed by atoms with van der Waals surface area (Å²) in [6, 6.07) is 0.0286. The van der Waals surface area contributed by atoms with Gasteiger partial charge in [0.25, 0.3) is 0 Å². The molecule has 0 aromatic carbocycles. The van der Waals surface area contributed by atoms with E-state index in [-0.39, 0.29) is 17.9 Å². The molecular formula is C11H19N3O2. The van der Waals surface area contributed by atoms with Crippen molar-refractivity contribution in [3.05, 3.63) is 0 Å². The van der Waals surface area contributed by atoms with E-state index < -0.39 is 0 Å². The Morgan fingerprint density at radius 2 is 2.31 bits per heavy atom. The summed E-state index contributed by atoms with van der Waals surface area (Å²) in [5, 5.41) is 3.04. The third-order valence-corrected chi connectivity index (χ3v) is 3.30. The van der Waals surface area contributed by atoms with E-state index in [2.05, 4.69) is 17.2 Å². The second-order valence-electron chi connectivity index (χ2n) is 4.75. The van der Waals surface area contributed by atoms with Gasteiger partial charge in [0.15, 0.2) is 5.96 Å². The maximum absolute atomic E-state index is 11.9. The molecule has 5 nitrogen and oxygen atoms in total. The average molecular weight is 225 g/mol.